The molecule has 2 N–H and O–H groups in total. The van der Waals surface area contributed by atoms with Gasteiger partial charge in [0, 0.05) is 6.92 Å². The van der Waals surface area contributed by atoms with Crippen molar-refractivity contribution in [2.45, 2.75) is 29.8 Å². The molecule has 7 nitrogen and oxygen atoms in total. The van der Waals surface area contributed by atoms with Crippen LogP contribution < -0.4 is 5.32 Å². The molecule has 0 heterocycles. The van der Waals surface area contributed by atoms with Gasteiger partial charge in [0.2, 0.25) is 3.79 Å². The van der Waals surface area contributed by atoms with E-state index in [9.17, 15) is 14.4 Å². The van der Waals surface area contributed by atoms with Crippen molar-refractivity contribution in [2.75, 3.05) is 6.61 Å². The molecule has 0 aromatic heterocycles. The molecule has 1 amide bonds. The molecule has 10 heteroatoms. The molecule has 19 heavy (non-hydrogen) atoms. The molecule has 0 aromatic carbocycles. The van der Waals surface area contributed by atoms with Crippen LogP contribution >= 0.6 is 34.8 Å². The number of ether oxygens (including phenoxy) is 2. The minimum atomic E-state index is -1.81. The van der Waals surface area contributed by atoms with Crippen molar-refractivity contribution in [2.24, 2.45) is 0 Å². The molecule has 0 aliphatic carbocycles. The first-order chi connectivity index (χ1) is 8.53. The molecule has 0 spiro atoms. The third-order valence-corrected chi connectivity index (χ3v) is 2.05. The zero-order valence-corrected chi connectivity index (χ0v) is 12.3. The standard InChI is InChI=1S/C9H12Cl3NO6/c1-4(19-5(2)14)6(7(15)16)13-8(17)18-3-9(10,11)12/h4,6H,3H2,1-2H3,(H,13,17)(H,15,16)/t4-,6+/m1/s1. The van der Waals surface area contributed by atoms with Crippen molar-refractivity contribution in [3.05, 3.63) is 0 Å². The molecule has 0 saturated heterocycles. The van der Waals surface area contributed by atoms with Crippen LogP contribution in [0.5, 0.6) is 0 Å². The Labute approximate surface area is 124 Å². The fourth-order valence-corrected chi connectivity index (χ4v) is 1.19. The molecular formula is C9H12Cl3NO6. The van der Waals surface area contributed by atoms with Crippen molar-refractivity contribution in [3.63, 3.8) is 0 Å². The lowest BCUT2D eigenvalue weighted by Crippen LogP contribution is -2.49. The number of nitrogens with one attached hydrogen (secondary N) is 1. The maximum Gasteiger partial charge on any atom is 0.408 e. The van der Waals surface area contributed by atoms with Gasteiger partial charge in [0.1, 0.15) is 12.7 Å². The van der Waals surface area contributed by atoms with Gasteiger partial charge in [0.25, 0.3) is 0 Å². The summed E-state index contributed by atoms with van der Waals surface area (Å²) in [6, 6.07) is -1.48. The first kappa shape index (κ1) is 18.1. The molecule has 0 aromatic rings. The van der Waals surface area contributed by atoms with Crippen LogP contribution in [0.1, 0.15) is 13.8 Å². The molecule has 0 aliphatic heterocycles. The predicted octanol–water partition coefficient (Wildman–Crippen LogP) is 1.49. The van der Waals surface area contributed by atoms with Crippen LogP contribution in [0.15, 0.2) is 0 Å². The molecular weight excluding hydrogens is 324 g/mol. The summed E-state index contributed by atoms with van der Waals surface area (Å²) < 4.78 is 7.34. The average molecular weight is 337 g/mol. The smallest absolute Gasteiger partial charge is 0.408 e. The number of carbonyl (C=O) groups is 3. The van der Waals surface area contributed by atoms with Crippen molar-refractivity contribution >= 4 is 52.8 Å². The number of carboxylic acid groups (broad SMARTS) is 1. The van der Waals surface area contributed by atoms with Gasteiger partial charge in [-0.25, -0.2) is 9.59 Å². The second-order valence-electron chi connectivity index (χ2n) is 3.47. The lowest BCUT2D eigenvalue weighted by Gasteiger charge is -2.21. The second-order valence-corrected chi connectivity index (χ2v) is 5.98. The molecule has 110 valence electrons. The molecule has 0 saturated carbocycles. The fourth-order valence-electron chi connectivity index (χ4n) is 1.03. The van der Waals surface area contributed by atoms with E-state index in [1.54, 1.807) is 0 Å². The van der Waals surface area contributed by atoms with Crippen molar-refractivity contribution < 1.29 is 29.0 Å². The highest BCUT2D eigenvalue weighted by Crippen LogP contribution is 2.25. The number of aliphatic carboxylic acids is 1. The Kier molecular flexibility index (Phi) is 7.25. The summed E-state index contributed by atoms with van der Waals surface area (Å²) in [5, 5.41) is 10.9. The number of carbonyl (C=O) groups excluding carboxylic acids is 2. The second kappa shape index (κ2) is 7.62. The number of esters is 1. The van der Waals surface area contributed by atoms with Crippen LogP contribution in [0.25, 0.3) is 0 Å². The van der Waals surface area contributed by atoms with Crippen LogP contribution in [0, 0.1) is 0 Å². The SMILES string of the molecule is CC(=O)O[C@H](C)[C@H](NC(=O)OCC(Cl)(Cl)Cl)C(=O)O. The van der Waals surface area contributed by atoms with E-state index in [2.05, 4.69) is 9.47 Å². The topological polar surface area (TPSA) is 102 Å². The Morgan fingerprint density at radius 1 is 1.32 bits per heavy atom. The molecule has 2 atom stereocenters. The van der Waals surface area contributed by atoms with E-state index in [1.807, 2.05) is 5.32 Å². The van der Waals surface area contributed by atoms with E-state index in [1.165, 1.54) is 6.92 Å². The summed E-state index contributed by atoms with van der Waals surface area (Å²) in [4.78, 5) is 32.9. The Morgan fingerprint density at radius 3 is 2.21 bits per heavy atom. The van der Waals surface area contributed by atoms with Gasteiger partial charge in [-0.3, -0.25) is 4.79 Å². The maximum absolute atomic E-state index is 11.3. The lowest BCUT2D eigenvalue weighted by molar-refractivity contribution is -0.152. The molecule has 0 unspecified atom stereocenters. The minimum absolute atomic E-state index is 0.558. The van der Waals surface area contributed by atoms with Gasteiger partial charge in [0.15, 0.2) is 6.04 Å². The number of hydrogen-bond donors (Lipinski definition) is 2. The molecule has 0 aliphatic rings. The Hall–Kier alpha value is -0.920. The number of halogens is 3. The van der Waals surface area contributed by atoms with Crippen molar-refractivity contribution in [1.82, 2.24) is 5.32 Å². The number of carboxylic acids is 1. The third-order valence-electron chi connectivity index (χ3n) is 1.73. The summed E-state index contributed by atoms with van der Waals surface area (Å²) in [7, 11) is 0. The summed E-state index contributed by atoms with van der Waals surface area (Å²) in [6.45, 7) is 1.85. The average Bonchev–Trinajstić information content (AvgIpc) is 2.20. The van der Waals surface area contributed by atoms with Gasteiger partial charge in [-0.1, -0.05) is 34.8 Å². The van der Waals surface area contributed by atoms with Crippen LogP contribution in [-0.4, -0.2) is 45.7 Å². The van der Waals surface area contributed by atoms with E-state index in [0.717, 1.165) is 6.92 Å². The van der Waals surface area contributed by atoms with Crippen LogP contribution in [0.4, 0.5) is 4.79 Å². The molecule has 0 bridgehead atoms. The first-order valence-electron chi connectivity index (χ1n) is 4.93. The van der Waals surface area contributed by atoms with Crippen molar-refractivity contribution in [3.8, 4) is 0 Å². The maximum atomic E-state index is 11.3. The molecule has 0 radical (unpaired) electrons. The van der Waals surface area contributed by atoms with Crippen LogP contribution in [-0.2, 0) is 19.1 Å². The number of rotatable bonds is 5. The van der Waals surface area contributed by atoms with Gasteiger partial charge < -0.3 is 19.9 Å². The predicted molar refractivity (Wildman–Crippen MR) is 67.4 cm³/mol. The summed E-state index contributed by atoms with van der Waals surface area (Å²) in [5.74, 6) is -2.09. The molecule has 0 rings (SSSR count). The van der Waals surface area contributed by atoms with Gasteiger partial charge in [0.05, 0.1) is 0 Å². The van der Waals surface area contributed by atoms with Crippen LogP contribution in [0.2, 0.25) is 0 Å². The minimum Gasteiger partial charge on any atom is -0.480 e. The summed E-state index contributed by atoms with van der Waals surface area (Å²) in [6.07, 6.45) is -2.20. The van der Waals surface area contributed by atoms with E-state index in [-0.39, 0.29) is 0 Å². The van der Waals surface area contributed by atoms with Gasteiger partial charge in [-0.2, -0.15) is 0 Å². The van der Waals surface area contributed by atoms with E-state index < -0.39 is 40.6 Å². The molecule has 0 fully saturated rings. The number of alkyl halides is 3. The monoisotopic (exact) mass is 335 g/mol. The normalized spacial score (nSPS) is 14.2. The highest BCUT2D eigenvalue weighted by atomic mass is 35.6. The number of amides is 1. The Morgan fingerprint density at radius 2 is 1.84 bits per heavy atom. The highest BCUT2D eigenvalue weighted by Gasteiger charge is 2.30. The van der Waals surface area contributed by atoms with Crippen LogP contribution in [0.3, 0.4) is 0 Å². The summed E-state index contributed by atoms with van der Waals surface area (Å²) in [5.41, 5.74) is 0. The fraction of sp³-hybridized carbons (Fsp3) is 0.667. The summed E-state index contributed by atoms with van der Waals surface area (Å²) >= 11 is 16.0. The zero-order valence-electron chi connectivity index (χ0n) is 9.98. The lowest BCUT2D eigenvalue weighted by atomic mass is 10.2. The highest BCUT2D eigenvalue weighted by molar-refractivity contribution is 6.67. The quantitative estimate of drug-likeness (QED) is 0.582. The first-order valence-corrected chi connectivity index (χ1v) is 6.06. The zero-order chi connectivity index (χ0) is 15.2. The number of hydrogen-bond acceptors (Lipinski definition) is 5. The number of alkyl carbamates (subject to hydrolysis) is 1. The van der Waals surface area contributed by atoms with Crippen molar-refractivity contribution in [1.29, 1.82) is 0 Å². The Bertz CT molecular complexity index is 356. The van der Waals surface area contributed by atoms with E-state index >= 15 is 0 Å². The third kappa shape index (κ3) is 8.74. The van der Waals surface area contributed by atoms with E-state index in [0.29, 0.717) is 0 Å². The largest absolute Gasteiger partial charge is 0.480 e. The van der Waals surface area contributed by atoms with Gasteiger partial charge >= 0.3 is 18.0 Å². The van der Waals surface area contributed by atoms with E-state index in [4.69, 9.17) is 39.9 Å². The van der Waals surface area contributed by atoms with Gasteiger partial charge in [-0.15, -0.1) is 0 Å². The van der Waals surface area contributed by atoms with Gasteiger partial charge in [-0.05, 0) is 6.92 Å². The Balaban J connectivity index is 4.46.